The Labute approximate surface area is 115 Å². The molecular weight excluding hydrogens is 238 g/mol. The average molecular weight is 261 g/mol. The van der Waals surface area contributed by atoms with Crippen LogP contribution in [0.4, 0.5) is 0 Å². The molecule has 0 saturated heterocycles. The molecule has 1 aromatic carbocycles. The fourth-order valence-corrected chi connectivity index (χ4v) is 2.74. The Bertz CT molecular complexity index is 456. The fraction of sp³-hybridized carbons (Fsp3) is 0.562. The SMILES string of the molecule is COC(=O)C(C)NC(C)c1ccc2c(c1)CCCC2. The van der Waals surface area contributed by atoms with Crippen LogP contribution in [-0.2, 0) is 22.4 Å². The minimum Gasteiger partial charge on any atom is -0.468 e. The Hall–Kier alpha value is -1.35. The molecule has 1 N–H and O–H groups in total. The van der Waals surface area contributed by atoms with Crippen LogP contribution in [0.2, 0.25) is 0 Å². The van der Waals surface area contributed by atoms with Crippen molar-refractivity contribution in [2.45, 2.75) is 51.6 Å². The highest BCUT2D eigenvalue weighted by atomic mass is 16.5. The number of nitrogens with one attached hydrogen (secondary N) is 1. The number of hydrogen-bond acceptors (Lipinski definition) is 3. The molecule has 1 aliphatic rings. The van der Waals surface area contributed by atoms with Gasteiger partial charge in [-0.25, -0.2) is 0 Å². The first-order chi connectivity index (χ1) is 9.11. The number of fused-ring (bicyclic) bond motifs is 1. The lowest BCUT2D eigenvalue weighted by Crippen LogP contribution is -2.36. The Morgan fingerprint density at radius 2 is 1.89 bits per heavy atom. The van der Waals surface area contributed by atoms with E-state index in [1.165, 1.54) is 49.5 Å². The number of methoxy groups -OCH3 is 1. The standard InChI is InChI=1S/C16H23NO2/c1-11(17-12(2)16(18)19-3)14-9-8-13-6-4-5-7-15(13)10-14/h8-12,17H,4-7H2,1-3H3. The first-order valence-electron chi connectivity index (χ1n) is 7.07. The van der Waals surface area contributed by atoms with Crippen molar-refractivity contribution in [3.63, 3.8) is 0 Å². The van der Waals surface area contributed by atoms with Crippen LogP contribution in [0.15, 0.2) is 18.2 Å². The smallest absolute Gasteiger partial charge is 0.322 e. The lowest BCUT2D eigenvalue weighted by Gasteiger charge is -2.22. The highest BCUT2D eigenvalue weighted by Gasteiger charge is 2.17. The number of carbonyl (C=O) groups excluding carboxylic acids is 1. The molecule has 0 bridgehead atoms. The quantitative estimate of drug-likeness (QED) is 0.847. The molecule has 0 amide bonds. The molecule has 0 aromatic heterocycles. The summed E-state index contributed by atoms with van der Waals surface area (Å²) in [5.74, 6) is -0.218. The van der Waals surface area contributed by atoms with E-state index in [1.54, 1.807) is 0 Å². The highest BCUT2D eigenvalue weighted by molar-refractivity contribution is 5.75. The van der Waals surface area contributed by atoms with E-state index in [2.05, 4.69) is 30.4 Å². The minimum atomic E-state index is -0.281. The van der Waals surface area contributed by atoms with Crippen LogP contribution in [0.1, 0.15) is 49.4 Å². The number of esters is 1. The van der Waals surface area contributed by atoms with Crippen LogP contribution in [-0.4, -0.2) is 19.1 Å². The predicted octanol–water partition coefficient (Wildman–Crippen LogP) is 2.78. The highest BCUT2D eigenvalue weighted by Crippen LogP contribution is 2.24. The molecule has 0 heterocycles. The number of aryl methyl sites for hydroxylation is 2. The third kappa shape index (κ3) is 3.35. The summed E-state index contributed by atoms with van der Waals surface area (Å²) < 4.78 is 4.74. The van der Waals surface area contributed by atoms with Crippen LogP contribution < -0.4 is 5.32 Å². The molecular formula is C16H23NO2. The van der Waals surface area contributed by atoms with Crippen molar-refractivity contribution in [3.8, 4) is 0 Å². The van der Waals surface area contributed by atoms with Gasteiger partial charge < -0.3 is 4.74 Å². The van der Waals surface area contributed by atoms with E-state index in [0.717, 1.165) is 0 Å². The van der Waals surface area contributed by atoms with Crippen LogP contribution in [0.5, 0.6) is 0 Å². The largest absolute Gasteiger partial charge is 0.468 e. The van der Waals surface area contributed by atoms with E-state index in [-0.39, 0.29) is 18.1 Å². The van der Waals surface area contributed by atoms with Gasteiger partial charge in [0.2, 0.25) is 0 Å². The third-order valence-corrected chi connectivity index (χ3v) is 3.93. The second-order valence-corrected chi connectivity index (χ2v) is 5.37. The maximum Gasteiger partial charge on any atom is 0.322 e. The van der Waals surface area contributed by atoms with Crippen LogP contribution in [0.3, 0.4) is 0 Å². The van der Waals surface area contributed by atoms with Gasteiger partial charge in [0.1, 0.15) is 6.04 Å². The summed E-state index contributed by atoms with van der Waals surface area (Å²) in [6.45, 7) is 3.92. The Kier molecular flexibility index (Phi) is 4.59. The van der Waals surface area contributed by atoms with E-state index >= 15 is 0 Å². The van der Waals surface area contributed by atoms with Crippen molar-refractivity contribution in [1.29, 1.82) is 0 Å². The van der Waals surface area contributed by atoms with Crippen molar-refractivity contribution in [1.82, 2.24) is 5.32 Å². The summed E-state index contributed by atoms with van der Waals surface area (Å²) in [4.78, 5) is 11.4. The maximum absolute atomic E-state index is 11.4. The summed E-state index contributed by atoms with van der Waals surface area (Å²) in [7, 11) is 1.42. The van der Waals surface area contributed by atoms with Crippen molar-refractivity contribution in [2.75, 3.05) is 7.11 Å². The van der Waals surface area contributed by atoms with E-state index in [9.17, 15) is 4.79 Å². The molecule has 19 heavy (non-hydrogen) atoms. The minimum absolute atomic E-state index is 0.154. The molecule has 1 aliphatic carbocycles. The Morgan fingerprint density at radius 1 is 1.21 bits per heavy atom. The molecule has 2 atom stereocenters. The van der Waals surface area contributed by atoms with E-state index in [1.807, 2.05) is 6.92 Å². The van der Waals surface area contributed by atoms with Crippen LogP contribution in [0, 0.1) is 0 Å². The normalized spacial score (nSPS) is 17.4. The lowest BCUT2D eigenvalue weighted by atomic mass is 9.89. The average Bonchev–Trinajstić information content (AvgIpc) is 2.45. The first-order valence-corrected chi connectivity index (χ1v) is 7.07. The van der Waals surface area contributed by atoms with Gasteiger partial charge in [-0.15, -0.1) is 0 Å². The summed E-state index contributed by atoms with van der Waals surface area (Å²) in [6, 6.07) is 6.57. The predicted molar refractivity (Wildman–Crippen MR) is 76.1 cm³/mol. The molecule has 2 unspecified atom stereocenters. The summed E-state index contributed by atoms with van der Waals surface area (Å²) >= 11 is 0. The number of rotatable bonds is 4. The zero-order valence-electron chi connectivity index (χ0n) is 12.0. The summed E-state index contributed by atoms with van der Waals surface area (Å²) in [5, 5.41) is 3.28. The number of hydrogen-bond donors (Lipinski definition) is 1. The fourth-order valence-electron chi connectivity index (χ4n) is 2.74. The molecule has 0 saturated carbocycles. The molecule has 0 radical (unpaired) electrons. The molecule has 3 nitrogen and oxygen atoms in total. The van der Waals surface area contributed by atoms with Gasteiger partial charge >= 0.3 is 5.97 Å². The number of benzene rings is 1. The molecule has 0 spiro atoms. The topological polar surface area (TPSA) is 38.3 Å². The van der Waals surface area contributed by atoms with Crippen molar-refractivity contribution in [2.24, 2.45) is 0 Å². The van der Waals surface area contributed by atoms with Gasteiger partial charge in [0.25, 0.3) is 0 Å². The Balaban J connectivity index is 2.07. The summed E-state index contributed by atoms with van der Waals surface area (Å²) in [5.41, 5.74) is 4.21. The monoisotopic (exact) mass is 261 g/mol. The molecule has 0 aliphatic heterocycles. The zero-order chi connectivity index (χ0) is 13.8. The van der Waals surface area contributed by atoms with Crippen molar-refractivity contribution in [3.05, 3.63) is 34.9 Å². The zero-order valence-corrected chi connectivity index (χ0v) is 12.0. The van der Waals surface area contributed by atoms with Crippen molar-refractivity contribution >= 4 is 5.97 Å². The van der Waals surface area contributed by atoms with Gasteiger partial charge in [-0.1, -0.05) is 18.2 Å². The number of ether oxygens (including phenoxy) is 1. The van der Waals surface area contributed by atoms with Gasteiger partial charge in [0, 0.05) is 6.04 Å². The van der Waals surface area contributed by atoms with Gasteiger partial charge in [-0.2, -0.15) is 0 Å². The second-order valence-electron chi connectivity index (χ2n) is 5.37. The van der Waals surface area contributed by atoms with E-state index in [4.69, 9.17) is 4.74 Å². The summed E-state index contributed by atoms with van der Waals surface area (Å²) in [6.07, 6.45) is 4.98. The maximum atomic E-state index is 11.4. The van der Waals surface area contributed by atoms with Crippen molar-refractivity contribution < 1.29 is 9.53 Å². The third-order valence-electron chi connectivity index (χ3n) is 3.93. The van der Waals surface area contributed by atoms with E-state index in [0.29, 0.717) is 0 Å². The van der Waals surface area contributed by atoms with Gasteiger partial charge in [-0.3, -0.25) is 10.1 Å². The Morgan fingerprint density at radius 3 is 2.58 bits per heavy atom. The first kappa shape index (κ1) is 14.1. The van der Waals surface area contributed by atoms with E-state index < -0.39 is 0 Å². The molecule has 3 heteroatoms. The molecule has 2 rings (SSSR count). The van der Waals surface area contributed by atoms with Gasteiger partial charge in [0.15, 0.2) is 0 Å². The van der Waals surface area contributed by atoms with Gasteiger partial charge in [-0.05, 0) is 56.2 Å². The van der Waals surface area contributed by atoms with Crippen LogP contribution >= 0.6 is 0 Å². The molecule has 1 aromatic rings. The van der Waals surface area contributed by atoms with Crippen LogP contribution in [0.25, 0.3) is 0 Å². The lowest BCUT2D eigenvalue weighted by molar-refractivity contribution is -0.142. The number of carbonyl (C=O) groups is 1. The second kappa shape index (κ2) is 6.20. The molecule has 104 valence electrons. The van der Waals surface area contributed by atoms with Gasteiger partial charge in [0.05, 0.1) is 7.11 Å². The molecule has 0 fully saturated rings.